The number of nitrogens with two attached hydrogens (primary N) is 1. The number of rotatable bonds is 7. The summed E-state index contributed by atoms with van der Waals surface area (Å²) in [4.78, 5) is 26.0. The lowest BCUT2D eigenvalue weighted by atomic mass is 9.98. The van der Waals surface area contributed by atoms with Gasteiger partial charge in [-0.2, -0.15) is 0 Å². The Labute approximate surface area is 122 Å². The Kier molecular flexibility index (Phi) is 5.56. The molecule has 0 amide bonds. The molecule has 0 aliphatic heterocycles. The van der Waals surface area contributed by atoms with E-state index in [1.807, 2.05) is 13.8 Å². The van der Waals surface area contributed by atoms with E-state index in [0.717, 1.165) is 0 Å². The predicted molar refractivity (Wildman–Crippen MR) is 81.4 cm³/mol. The first-order valence-corrected chi connectivity index (χ1v) is 6.92. The van der Waals surface area contributed by atoms with Gasteiger partial charge in [-0.25, -0.2) is 4.79 Å². The third-order valence-corrected chi connectivity index (χ3v) is 3.46. The first-order chi connectivity index (χ1) is 9.80. The molecule has 0 aromatic carbocycles. The SMILES string of the molecule is CCC(CO)(CO)Nc1c(N)n(CC(C)C)c(=O)[nH]c1=O. The number of nitrogens with one attached hydrogen (secondary N) is 2. The summed E-state index contributed by atoms with van der Waals surface area (Å²) in [5.74, 6) is 0.160. The molecule has 0 atom stereocenters. The number of nitrogen functional groups attached to an aromatic ring is 1. The Morgan fingerprint density at radius 3 is 2.33 bits per heavy atom. The van der Waals surface area contributed by atoms with Crippen LogP contribution < -0.4 is 22.3 Å². The molecule has 8 nitrogen and oxygen atoms in total. The molecule has 0 radical (unpaired) electrons. The molecule has 0 aliphatic rings. The summed E-state index contributed by atoms with van der Waals surface area (Å²) in [6.07, 6.45) is 0.377. The summed E-state index contributed by atoms with van der Waals surface area (Å²) in [5, 5.41) is 21.7. The van der Waals surface area contributed by atoms with Gasteiger partial charge in [0.2, 0.25) is 0 Å². The lowest BCUT2D eigenvalue weighted by Gasteiger charge is -2.31. The van der Waals surface area contributed by atoms with Gasteiger partial charge in [-0.05, 0) is 12.3 Å². The fourth-order valence-electron chi connectivity index (χ4n) is 1.96. The molecule has 0 aliphatic carbocycles. The zero-order chi connectivity index (χ0) is 16.2. The number of aliphatic hydroxyl groups excluding tert-OH is 2. The van der Waals surface area contributed by atoms with Crippen LogP contribution in [0.4, 0.5) is 11.5 Å². The zero-order valence-corrected chi connectivity index (χ0v) is 12.6. The van der Waals surface area contributed by atoms with Crippen molar-refractivity contribution in [3.05, 3.63) is 20.8 Å². The standard InChI is InChI=1S/C13H24N4O4/c1-4-13(6-18,7-19)16-9-10(14)17(5-8(2)3)12(21)15-11(9)20/h8,16,18-19H,4-7,14H2,1-3H3,(H,15,20,21). The second kappa shape index (κ2) is 6.77. The molecule has 0 saturated carbocycles. The minimum atomic E-state index is -1.07. The molecule has 21 heavy (non-hydrogen) atoms. The van der Waals surface area contributed by atoms with E-state index >= 15 is 0 Å². The molecule has 0 bridgehead atoms. The predicted octanol–water partition coefficient (Wildman–Crippen LogP) is -0.680. The fourth-order valence-corrected chi connectivity index (χ4v) is 1.96. The molecule has 0 unspecified atom stereocenters. The van der Waals surface area contributed by atoms with Gasteiger partial charge in [0.25, 0.3) is 5.56 Å². The van der Waals surface area contributed by atoms with Crippen LogP contribution in [-0.2, 0) is 6.54 Å². The van der Waals surface area contributed by atoms with Crippen LogP contribution in [-0.4, -0.2) is 38.5 Å². The van der Waals surface area contributed by atoms with E-state index in [-0.39, 0.29) is 30.6 Å². The van der Waals surface area contributed by atoms with Crippen molar-refractivity contribution in [3.8, 4) is 0 Å². The van der Waals surface area contributed by atoms with Gasteiger partial charge in [0.05, 0.1) is 18.8 Å². The lowest BCUT2D eigenvalue weighted by molar-refractivity contribution is 0.132. The van der Waals surface area contributed by atoms with Gasteiger partial charge in [0.15, 0.2) is 0 Å². The normalized spacial score (nSPS) is 11.9. The summed E-state index contributed by atoms with van der Waals surface area (Å²) in [7, 11) is 0. The van der Waals surface area contributed by atoms with Gasteiger partial charge in [-0.3, -0.25) is 14.3 Å². The van der Waals surface area contributed by atoms with E-state index < -0.39 is 16.8 Å². The van der Waals surface area contributed by atoms with Crippen molar-refractivity contribution in [1.29, 1.82) is 0 Å². The molecule has 0 spiro atoms. The molecular formula is C13H24N4O4. The second-order valence-electron chi connectivity index (χ2n) is 5.60. The number of anilines is 2. The van der Waals surface area contributed by atoms with E-state index in [2.05, 4.69) is 10.3 Å². The zero-order valence-electron chi connectivity index (χ0n) is 12.6. The third-order valence-electron chi connectivity index (χ3n) is 3.46. The Bertz CT molecular complexity index is 579. The van der Waals surface area contributed by atoms with E-state index in [1.54, 1.807) is 6.92 Å². The number of H-pyrrole nitrogens is 1. The van der Waals surface area contributed by atoms with E-state index in [9.17, 15) is 19.8 Å². The Hall–Kier alpha value is -1.80. The molecule has 1 rings (SSSR count). The molecule has 1 aromatic heterocycles. The van der Waals surface area contributed by atoms with Crippen LogP contribution in [0.25, 0.3) is 0 Å². The van der Waals surface area contributed by atoms with Gasteiger partial charge in [-0.15, -0.1) is 0 Å². The summed E-state index contributed by atoms with van der Waals surface area (Å²) in [6.45, 7) is 5.20. The van der Waals surface area contributed by atoms with E-state index in [0.29, 0.717) is 13.0 Å². The first-order valence-electron chi connectivity index (χ1n) is 6.92. The smallest absolute Gasteiger partial charge is 0.330 e. The van der Waals surface area contributed by atoms with Crippen molar-refractivity contribution in [1.82, 2.24) is 9.55 Å². The Balaban J connectivity index is 3.37. The summed E-state index contributed by atoms with van der Waals surface area (Å²) >= 11 is 0. The highest BCUT2D eigenvalue weighted by molar-refractivity contribution is 5.61. The lowest BCUT2D eigenvalue weighted by Crippen LogP contribution is -2.48. The molecule has 0 fully saturated rings. The second-order valence-corrected chi connectivity index (χ2v) is 5.60. The van der Waals surface area contributed by atoms with Crippen molar-refractivity contribution < 1.29 is 10.2 Å². The van der Waals surface area contributed by atoms with Crippen molar-refractivity contribution in [2.75, 3.05) is 24.3 Å². The highest BCUT2D eigenvalue weighted by atomic mass is 16.3. The minimum absolute atomic E-state index is 0.00262. The monoisotopic (exact) mass is 300 g/mol. The average molecular weight is 300 g/mol. The van der Waals surface area contributed by atoms with E-state index in [1.165, 1.54) is 4.57 Å². The van der Waals surface area contributed by atoms with Crippen molar-refractivity contribution in [3.63, 3.8) is 0 Å². The summed E-state index contributed by atoms with van der Waals surface area (Å²) < 4.78 is 1.27. The highest BCUT2D eigenvalue weighted by Crippen LogP contribution is 2.20. The maximum absolute atomic E-state index is 11.9. The maximum Gasteiger partial charge on any atom is 0.330 e. The minimum Gasteiger partial charge on any atom is -0.394 e. The van der Waals surface area contributed by atoms with Crippen molar-refractivity contribution in [2.45, 2.75) is 39.3 Å². The quantitative estimate of drug-likeness (QED) is 0.453. The van der Waals surface area contributed by atoms with Gasteiger partial charge < -0.3 is 21.3 Å². The van der Waals surface area contributed by atoms with Crippen LogP contribution in [0.2, 0.25) is 0 Å². The van der Waals surface area contributed by atoms with Crippen LogP contribution in [0.5, 0.6) is 0 Å². The largest absolute Gasteiger partial charge is 0.394 e. The van der Waals surface area contributed by atoms with Gasteiger partial charge >= 0.3 is 5.69 Å². The highest BCUT2D eigenvalue weighted by Gasteiger charge is 2.29. The van der Waals surface area contributed by atoms with Crippen molar-refractivity contribution >= 4 is 11.5 Å². The summed E-state index contributed by atoms with van der Waals surface area (Å²) in [6, 6.07) is 0. The fraction of sp³-hybridized carbons (Fsp3) is 0.692. The first kappa shape index (κ1) is 17.3. The molecule has 6 N–H and O–H groups in total. The number of hydrogen-bond donors (Lipinski definition) is 5. The van der Waals surface area contributed by atoms with Crippen molar-refractivity contribution in [2.24, 2.45) is 5.92 Å². The van der Waals surface area contributed by atoms with Crippen LogP contribution in [0.15, 0.2) is 9.59 Å². The van der Waals surface area contributed by atoms with Crippen LogP contribution in [0.1, 0.15) is 27.2 Å². The Morgan fingerprint density at radius 1 is 1.33 bits per heavy atom. The van der Waals surface area contributed by atoms with E-state index in [4.69, 9.17) is 5.73 Å². The number of hydrogen-bond acceptors (Lipinski definition) is 6. The number of aromatic amines is 1. The molecule has 120 valence electrons. The molecular weight excluding hydrogens is 276 g/mol. The molecule has 0 saturated heterocycles. The average Bonchev–Trinajstić information content (AvgIpc) is 2.44. The third kappa shape index (κ3) is 3.64. The summed E-state index contributed by atoms with van der Waals surface area (Å²) in [5.41, 5.74) is 3.59. The molecule has 8 heteroatoms. The number of nitrogens with zero attached hydrogens (tertiary/aromatic N) is 1. The van der Waals surface area contributed by atoms with Crippen LogP contribution >= 0.6 is 0 Å². The topological polar surface area (TPSA) is 133 Å². The molecule has 1 heterocycles. The Morgan fingerprint density at radius 2 is 1.90 bits per heavy atom. The van der Waals surface area contributed by atoms with Gasteiger partial charge in [0, 0.05) is 6.54 Å². The number of aliphatic hydroxyl groups is 2. The van der Waals surface area contributed by atoms with Crippen LogP contribution in [0.3, 0.4) is 0 Å². The molecule has 1 aromatic rings. The van der Waals surface area contributed by atoms with Gasteiger partial charge in [0.1, 0.15) is 11.5 Å². The van der Waals surface area contributed by atoms with Crippen LogP contribution in [0, 0.1) is 5.92 Å². The number of aromatic nitrogens is 2. The maximum atomic E-state index is 11.9. The van der Waals surface area contributed by atoms with Gasteiger partial charge in [-0.1, -0.05) is 20.8 Å².